The Balaban J connectivity index is 1.73. The molecule has 2 amide bonds. The van der Waals surface area contributed by atoms with Crippen molar-refractivity contribution in [2.24, 2.45) is 5.10 Å². The average molecular weight is 466 g/mol. The highest BCUT2D eigenvalue weighted by Gasteiger charge is 2.32. The SMILES string of the molecule is CC(=O)NC1=NN(C(C)=O)[C@H](c2ccc(OCc3ccc(F)cc3)c(Br)c2)S1. The van der Waals surface area contributed by atoms with Crippen molar-refractivity contribution >= 4 is 44.7 Å². The monoisotopic (exact) mass is 465 g/mol. The number of amides is 2. The van der Waals surface area contributed by atoms with Gasteiger partial charge in [-0.15, -0.1) is 5.10 Å². The number of hydrogen-bond donors (Lipinski definition) is 1. The van der Waals surface area contributed by atoms with Crippen molar-refractivity contribution in [1.82, 2.24) is 10.3 Å². The summed E-state index contributed by atoms with van der Waals surface area (Å²) in [6.07, 6.45) is 0. The number of benzene rings is 2. The Morgan fingerprint density at radius 2 is 1.96 bits per heavy atom. The Morgan fingerprint density at radius 1 is 1.25 bits per heavy atom. The minimum Gasteiger partial charge on any atom is -0.488 e. The summed E-state index contributed by atoms with van der Waals surface area (Å²) in [5, 5.41) is 8.11. The molecule has 0 aromatic heterocycles. The minimum absolute atomic E-state index is 0.231. The number of hydrogen-bond acceptors (Lipinski definition) is 5. The Labute approximate surface area is 174 Å². The predicted octanol–water partition coefficient (Wildman–Crippen LogP) is 4.17. The highest BCUT2D eigenvalue weighted by molar-refractivity contribution is 9.10. The summed E-state index contributed by atoms with van der Waals surface area (Å²) in [4.78, 5) is 23.2. The van der Waals surface area contributed by atoms with Crippen molar-refractivity contribution in [1.29, 1.82) is 0 Å². The van der Waals surface area contributed by atoms with Crippen LogP contribution < -0.4 is 10.1 Å². The molecule has 0 aliphatic carbocycles. The fourth-order valence-corrected chi connectivity index (χ4v) is 4.15. The van der Waals surface area contributed by atoms with E-state index in [9.17, 15) is 14.0 Å². The normalized spacial score (nSPS) is 15.9. The van der Waals surface area contributed by atoms with Crippen LogP contribution in [0, 0.1) is 5.82 Å². The summed E-state index contributed by atoms with van der Waals surface area (Å²) in [7, 11) is 0. The van der Waals surface area contributed by atoms with Crippen LogP contribution in [-0.4, -0.2) is 22.0 Å². The first-order chi connectivity index (χ1) is 13.3. The molecular weight excluding hydrogens is 449 g/mol. The second-order valence-electron chi connectivity index (χ2n) is 6.03. The van der Waals surface area contributed by atoms with Gasteiger partial charge in [-0.1, -0.05) is 30.0 Å². The first-order valence-electron chi connectivity index (χ1n) is 8.33. The second-order valence-corrected chi connectivity index (χ2v) is 7.95. The second kappa shape index (κ2) is 8.74. The number of carbonyl (C=O) groups excluding carboxylic acids is 2. The van der Waals surface area contributed by atoms with E-state index in [0.29, 0.717) is 22.0 Å². The first-order valence-corrected chi connectivity index (χ1v) is 10.00. The van der Waals surface area contributed by atoms with E-state index in [-0.39, 0.29) is 23.0 Å². The van der Waals surface area contributed by atoms with Crippen LogP contribution in [0.2, 0.25) is 0 Å². The molecule has 0 unspecified atom stereocenters. The van der Waals surface area contributed by atoms with Gasteiger partial charge >= 0.3 is 0 Å². The van der Waals surface area contributed by atoms with Gasteiger partial charge in [0.05, 0.1) is 4.47 Å². The molecule has 0 spiro atoms. The van der Waals surface area contributed by atoms with E-state index in [1.807, 2.05) is 12.1 Å². The van der Waals surface area contributed by atoms with Gasteiger partial charge in [-0.2, -0.15) is 0 Å². The maximum atomic E-state index is 13.0. The van der Waals surface area contributed by atoms with Crippen LogP contribution in [0.3, 0.4) is 0 Å². The van der Waals surface area contributed by atoms with Gasteiger partial charge < -0.3 is 10.1 Å². The smallest absolute Gasteiger partial charge is 0.241 e. The fourth-order valence-electron chi connectivity index (χ4n) is 2.51. The maximum absolute atomic E-state index is 13.0. The molecule has 0 fully saturated rings. The van der Waals surface area contributed by atoms with Gasteiger partial charge in [-0.25, -0.2) is 9.40 Å². The van der Waals surface area contributed by atoms with E-state index >= 15 is 0 Å². The number of hydrazone groups is 1. The van der Waals surface area contributed by atoms with E-state index in [1.54, 1.807) is 18.2 Å². The summed E-state index contributed by atoms with van der Waals surface area (Å²) < 4.78 is 19.5. The Hall–Kier alpha value is -2.39. The van der Waals surface area contributed by atoms with Crippen molar-refractivity contribution in [3.8, 4) is 5.75 Å². The molecule has 0 saturated heterocycles. The van der Waals surface area contributed by atoms with Gasteiger partial charge in [0.1, 0.15) is 23.5 Å². The van der Waals surface area contributed by atoms with Crippen LogP contribution in [0.1, 0.15) is 30.3 Å². The highest BCUT2D eigenvalue weighted by Crippen LogP contribution is 2.41. The third-order valence-electron chi connectivity index (χ3n) is 3.80. The molecule has 1 heterocycles. The van der Waals surface area contributed by atoms with Crippen molar-refractivity contribution in [2.75, 3.05) is 0 Å². The largest absolute Gasteiger partial charge is 0.488 e. The average Bonchev–Trinajstić information content (AvgIpc) is 3.05. The standard InChI is InChI=1S/C19H17BrFN3O3S/c1-11(25)22-19-23-24(12(2)26)18(28-19)14-5-8-17(16(20)9-14)27-10-13-3-6-15(21)7-4-13/h3-9,18H,10H2,1-2H3,(H,22,23,25)/t18-/m0/s1. The van der Waals surface area contributed by atoms with Gasteiger partial charge in [0.15, 0.2) is 5.17 Å². The number of halogens is 2. The lowest BCUT2D eigenvalue weighted by Gasteiger charge is -2.20. The molecule has 0 saturated carbocycles. The van der Waals surface area contributed by atoms with Crippen LogP contribution in [0.25, 0.3) is 0 Å². The summed E-state index contributed by atoms with van der Waals surface area (Å²) in [5.41, 5.74) is 1.67. The number of ether oxygens (including phenoxy) is 1. The molecule has 28 heavy (non-hydrogen) atoms. The third-order valence-corrected chi connectivity index (χ3v) is 5.52. The lowest BCUT2D eigenvalue weighted by molar-refractivity contribution is -0.129. The van der Waals surface area contributed by atoms with Gasteiger partial charge in [-0.3, -0.25) is 9.59 Å². The fraction of sp³-hybridized carbons (Fsp3) is 0.211. The summed E-state index contributed by atoms with van der Waals surface area (Å²) in [6, 6.07) is 11.6. The van der Waals surface area contributed by atoms with E-state index in [4.69, 9.17) is 4.74 Å². The quantitative estimate of drug-likeness (QED) is 0.735. The van der Waals surface area contributed by atoms with Crippen LogP contribution in [0.4, 0.5) is 4.39 Å². The summed E-state index contributed by atoms with van der Waals surface area (Å²) in [5.74, 6) is -0.153. The summed E-state index contributed by atoms with van der Waals surface area (Å²) in [6.45, 7) is 3.10. The van der Waals surface area contributed by atoms with Crippen LogP contribution in [-0.2, 0) is 16.2 Å². The predicted molar refractivity (Wildman–Crippen MR) is 109 cm³/mol. The van der Waals surface area contributed by atoms with Gasteiger partial charge in [0.25, 0.3) is 0 Å². The number of amidine groups is 1. The molecule has 3 rings (SSSR count). The molecule has 0 radical (unpaired) electrons. The van der Waals surface area contributed by atoms with Gasteiger partial charge in [0, 0.05) is 13.8 Å². The molecule has 1 atom stereocenters. The van der Waals surface area contributed by atoms with Crippen molar-refractivity contribution < 1.29 is 18.7 Å². The molecule has 2 aromatic rings. The number of thioether (sulfide) groups is 1. The molecule has 1 aliphatic heterocycles. The van der Waals surface area contributed by atoms with E-state index < -0.39 is 0 Å². The number of nitrogens with zero attached hydrogens (tertiary/aromatic N) is 2. The van der Waals surface area contributed by atoms with Gasteiger partial charge in [-0.05, 0) is 51.3 Å². The zero-order valence-corrected chi connectivity index (χ0v) is 17.5. The molecule has 9 heteroatoms. The Morgan fingerprint density at radius 3 is 2.57 bits per heavy atom. The van der Waals surface area contributed by atoms with Crippen LogP contribution in [0.15, 0.2) is 52.0 Å². The molecular formula is C19H17BrFN3O3S. The first kappa shape index (κ1) is 20.3. The Kier molecular flexibility index (Phi) is 6.35. The number of carbonyl (C=O) groups is 2. The zero-order chi connectivity index (χ0) is 20.3. The van der Waals surface area contributed by atoms with Gasteiger partial charge in [0.2, 0.25) is 11.8 Å². The topological polar surface area (TPSA) is 71.0 Å². The lowest BCUT2D eigenvalue weighted by atomic mass is 10.2. The van der Waals surface area contributed by atoms with Crippen LogP contribution >= 0.6 is 27.7 Å². The minimum atomic E-state index is -0.387. The number of rotatable bonds is 4. The number of nitrogens with one attached hydrogen (secondary N) is 1. The molecule has 1 N–H and O–H groups in total. The summed E-state index contributed by atoms with van der Waals surface area (Å²) >= 11 is 4.77. The van der Waals surface area contributed by atoms with Crippen LogP contribution in [0.5, 0.6) is 5.75 Å². The molecule has 1 aliphatic rings. The lowest BCUT2D eigenvalue weighted by Crippen LogP contribution is -2.25. The molecule has 146 valence electrons. The van der Waals surface area contributed by atoms with E-state index in [2.05, 4.69) is 26.3 Å². The molecule has 0 bridgehead atoms. The Bertz CT molecular complexity index is 937. The third kappa shape index (κ3) is 4.90. The van der Waals surface area contributed by atoms with E-state index in [1.165, 1.54) is 42.8 Å². The van der Waals surface area contributed by atoms with Crippen molar-refractivity contribution in [2.45, 2.75) is 25.8 Å². The zero-order valence-electron chi connectivity index (χ0n) is 15.1. The van der Waals surface area contributed by atoms with Crippen molar-refractivity contribution in [3.63, 3.8) is 0 Å². The van der Waals surface area contributed by atoms with E-state index in [0.717, 1.165) is 11.1 Å². The molecule has 6 nitrogen and oxygen atoms in total. The molecule has 2 aromatic carbocycles. The maximum Gasteiger partial charge on any atom is 0.241 e. The van der Waals surface area contributed by atoms with Crippen molar-refractivity contribution in [3.05, 3.63) is 63.9 Å². The highest BCUT2D eigenvalue weighted by atomic mass is 79.9.